The molecule has 0 atom stereocenters. The van der Waals surface area contributed by atoms with Crippen LogP contribution in [0.1, 0.15) is 41.6 Å². The number of nitrogens with zero attached hydrogens (tertiary/aromatic N) is 2. The number of ether oxygens (including phenoxy) is 2. The van der Waals surface area contributed by atoms with E-state index in [9.17, 15) is 22.8 Å². The Bertz CT molecular complexity index is 1190. The summed E-state index contributed by atoms with van der Waals surface area (Å²) in [5, 5.41) is 2.11. The van der Waals surface area contributed by atoms with E-state index < -0.39 is 32.8 Å². The summed E-state index contributed by atoms with van der Waals surface area (Å²) in [5.74, 6) is -1.77. The quantitative estimate of drug-likeness (QED) is 0.257. The molecule has 2 amide bonds. The Balaban J connectivity index is 2.17. The lowest BCUT2D eigenvalue weighted by atomic mass is 10.2. The number of nitrogens with one attached hydrogen (secondary N) is 3. The van der Waals surface area contributed by atoms with Gasteiger partial charge in [0.25, 0.3) is 0 Å². The molecule has 12 nitrogen and oxygen atoms in total. The Morgan fingerprint density at radius 3 is 2.41 bits per heavy atom. The van der Waals surface area contributed by atoms with Gasteiger partial charge in [-0.2, -0.15) is 4.98 Å². The molecule has 0 aliphatic heterocycles. The van der Waals surface area contributed by atoms with Gasteiger partial charge in [-0.05, 0) is 31.0 Å². The number of hydrogen-bond acceptors (Lipinski definition) is 10. The number of aromatic nitrogens is 2. The minimum atomic E-state index is -3.81. The van der Waals surface area contributed by atoms with Crippen LogP contribution in [0, 0.1) is 5.92 Å². The zero-order valence-electron chi connectivity index (χ0n) is 18.8. The number of halogens is 1. The summed E-state index contributed by atoms with van der Waals surface area (Å²) in [6, 6.07) is 4.30. The van der Waals surface area contributed by atoms with Crippen molar-refractivity contribution in [3.8, 4) is 0 Å². The van der Waals surface area contributed by atoms with Gasteiger partial charge in [-0.15, -0.1) is 0 Å². The van der Waals surface area contributed by atoms with Gasteiger partial charge in [-0.25, -0.2) is 33.2 Å². The van der Waals surface area contributed by atoms with E-state index in [0.29, 0.717) is 0 Å². The molecular formula is C20H24ClN5O7S. The van der Waals surface area contributed by atoms with E-state index in [4.69, 9.17) is 21.1 Å². The van der Waals surface area contributed by atoms with Gasteiger partial charge in [0.05, 0.1) is 29.5 Å². The lowest BCUT2D eigenvalue weighted by Crippen LogP contribution is -2.34. The van der Waals surface area contributed by atoms with Crippen LogP contribution in [0.5, 0.6) is 0 Å². The second-order valence-corrected chi connectivity index (χ2v) is 9.67. The zero-order chi connectivity index (χ0) is 25.5. The highest BCUT2D eigenvalue weighted by Crippen LogP contribution is 2.23. The molecule has 0 unspecified atom stereocenters. The van der Waals surface area contributed by atoms with E-state index >= 15 is 0 Å². The van der Waals surface area contributed by atoms with E-state index in [1.54, 1.807) is 6.92 Å². The van der Waals surface area contributed by atoms with Crippen LogP contribution in [-0.4, -0.2) is 55.8 Å². The molecule has 2 rings (SSSR count). The molecule has 0 aliphatic carbocycles. The fourth-order valence-electron chi connectivity index (χ4n) is 2.32. The van der Waals surface area contributed by atoms with Gasteiger partial charge in [0.1, 0.15) is 0 Å². The Labute approximate surface area is 201 Å². The van der Waals surface area contributed by atoms with E-state index in [2.05, 4.69) is 26.1 Å². The van der Waals surface area contributed by atoms with Gasteiger partial charge in [0.15, 0.2) is 20.6 Å². The Morgan fingerprint density at radius 2 is 1.79 bits per heavy atom. The number of rotatable bonds is 9. The lowest BCUT2D eigenvalue weighted by Gasteiger charge is -2.12. The zero-order valence-corrected chi connectivity index (χ0v) is 20.4. The normalized spacial score (nSPS) is 11.0. The number of amides is 2. The fraction of sp³-hybridized carbons (Fsp3) is 0.350. The molecular weight excluding hydrogens is 490 g/mol. The third-order valence-electron chi connectivity index (χ3n) is 3.85. The van der Waals surface area contributed by atoms with Crippen molar-refractivity contribution in [3.05, 3.63) is 40.5 Å². The van der Waals surface area contributed by atoms with Crippen molar-refractivity contribution in [1.29, 1.82) is 0 Å². The van der Waals surface area contributed by atoms with Crippen molar-refractivity contribution in [1.82, 2.24) is 15.4 Å². The Morgan fingerprint density at radius 1 is 1.09 bits per heavy atom. The Kier molecular flexibility index (Phi) is 9.15. The summed E-state index contributed by atoms with van der Waals surface area (Å²) in [6.45, 7) is 5.60. The second-order valence-electron chi connectivity index (χ2n) is 7.30. The van der Waals surface area contributed by atoms with Crippen LogP contribution in [0.15, 0.2) is 29.3 Å². The number of anilines is 2. The monoisotopic (exact) mass is 513 g/mol. The summed E-state index contributed by atoms with van der Waals surface area (Å²) < 4.78 is 33.9. The summed E-state index contributed by atoms with van der Waals surface area (Å²) in [5.41, 5.74) is 4.48. The predicted octanol–water partition coefficient (Wildman–Crippen LogP) is 2.67. The van der Waals surface area contributed by atoms with Crippen molar-refractivity contribution in [2.45, 2.75) is 25.8 Å². The van der Waals surface area contributed by atoms with Gasteiger partial charge in [-0.3, -0.25) is 5.43 Å². The van der Waals surface area contributed by atoms with Crippen LogP contribution >= 0.6 is 11.6 Å². The maximum atomic E-state index is 12.3. The average molecular weight is 514 g/mol. The third-order valence-corrected chi connectivity index (χ3v) is 5.15. The highest BCUT2D eigenvalue weighted by molar-refractivity contribution is 7.90. The van der Waals surface area contributed by atoms with Crippen LogP contribution in [0.25, 0.3) is 0 Å². The molecule has 34 heavy (non-hydrogen) atoms. The van der Waals surface area contributed by atoms with Crippen LogP contribution < -0.4 is 16.2 Å². The molecule has 0 saturated heterocycles. The second kappa shape index (κ2) is 11.6. The SMILES string of the molecule is CCOC(=O)c1ccc(Cl)c(NC(=O)NNc2nc(C(=O)OCC(C)C)cc(S(C)(=O)=O)n2)c1. The molecule has 14 heteroatoms. The first kappa shape index (κ1) is 26.8. The minimum absolute atomic E-state index is 0.0530. The summed E-state index contributed by atoms with van der Waals surface area (Å²) in [7, 11) is -3.81. The maximum absolute atomic E-state index is 12.3. The van der Waals surface area contributed by atoms with E-state index in [1.807, 2.05) is 13.8 Å². The van der Waals surface area contributed by atoms with Crippen molar-refractivity contribution in [2.75, 3.05) is 30.2 Å². The van der Waals surface area contributed by atoms with E-state index in [0.717, 1.165) is 12.3 Å². The van der Waals surface area contributed by atoms with E-state index in [-0.39, 0.29) is 47.0 Å². The smallest absolute Gasteiger partial charge is 0.357 e. The number of esters is 2. The molecule has 1 aromatic carbocycles. The molecule has 2 aromatic rings. The molecule has 184 valence electrons. The number of hydrazine groups is 1. The minimum Gasteiger partial charge on any atom is -0.462 e. The summed E-state index contributed by atoms with van der Waals surface area (Å²) >= 11 is 6.06. The number of urea groups is 1. The van der Waals surface area contributed by atoms with Crippen LogP contribution in [0.3, 0.4) is 0 Å². The van der Waals surface area contributed by atoms with E-state index in [1.165, 1.54) is 18.2 Å². The van der Waals surface area contributed by atoms with Crippen molar-refractivity contribution in [3.63, 3.8) is 0 Å². The van der Waals surface area contributed by atoms with Crippen molar-refractivity contribution >= 4 is 51.0 Å². The topological polar surface area (TPSA) is 166 Å². The van der Waals surface area contributed by atoms with Crippen molar-refractivity contribution < 1.29 is 32.3 Å². The third kappa shape index (κ3) is 7.85. The molecule has 1 aromatic heterocycles. The lowest BCUT2D eigenvalue weighted by molar-refractivity contribution is 0.0450. The molecule has 0 fully saturated rings. The van der Waals surface area contributed by atoms with Crippen LogP contribution in [0.4, 0.5) is 16.4 Å². The number of carbonyl (C=O) groups is 3. The number of benzene rings is 1. The standard InChI is InChI=1S/C20H24ClN5O7S/c1-5-32-17(27)12-6-7-13(21)14(8-12)23-20(29)26-25-19-22-15(18(28)33-10-11(2)3)9-16(24-19)34(4,30)31/h6-9,11H,5,10H2,1-4H3,(H,22,24,25)(H2,23,26,29). The first-order valence-electron chi connectivity index (χ1n) is 9.96. The fourth-order valence-corrected chi connectivity index (χ4v) is 3.06. The summed E-state index contributed by atoms with van der Waals surface area (Å²) in [6.07, 6.45) is 0.904. The molecule has 0 bridgehead atoms. The predicted molar refractivity (Wildman–Crippen MR) is 123 cm³/mol. The van der Waals surface area contributed by atoms with Crippen molar-refractivity contribution in [2.24, 2.45) is 5.92 Å². The van der Waals surface area contributed by atoms with Crippen LogP contribution in [0.2, 0.25) is 5.02 Å². The van der Waals surface area contributed by atoms with Gasteiger partial charge >= 0.3 is 18.0 Å². The molecule has 0 aliphatic rings. The number of hydrogen-bond donors (Lipinski definition) is 3. The Hall–Kier alpha value is -3.45. The highest BCUT2D eigenvalue weighted by atomic mass is 35.5. The number of sulfone groups is 1. The first-order chi connectivity index (χ1) is 15.9. The maximum Gasteiger partial charge on any atom is 0.357 e. The molecule has 0 saturated carbocycles. The molecule has 1 heterocycles. The molecule has 0 spiro atoms. The average Bonchev–Trinajstić information content (AvgIpc) is 2.76. The molecule has 0 radical (unpaired) electrons. The van der Waals surface area contributed by atoms with Crippen LogP contribution in [-0.2, 0) is 19.3 Å². The largest absolute Gasteiger partial charge is 0.462 e. The summed E-state index contributed by atoms with van der Waals surface area (Å²) in [4.78, 5) is 44.1. The van der Waals surface area contributed by atoms with Gasteiger partial charge in [-0.1, -0.05) is 25.4 Å². The number of carbonyl (C=O) groups excluding carboxylic acids is 3. The van der Waals surface area contributed by atoms with Gasteiger partial charge in [0, 0.05) is 12.3 Å². The van der Waals surface area contributed by atoms with Gasteiger partial charge in [0.2, 0.25) is 5.95 Å². The first-order valence-corrected chi connectivity index (χ1v) is 12.2. The molecule has 3 N–H and O–H groups in total. The van der Waals surface area contributed by atoms with Gasteiger partial charge < -0.3 is 14.8 Å². The highest BCUT2D eigenvalue weighted by Gasteiger charge is 2.19.